The standard InChI is InChI=1S/C14H21BrN4/c1-4-7-18(8-5-15)14-13-10-12(11(2)3)17-19(13)9-6-16-14/h6,9-11H,4-5,7-8H2,1-3H3. The molecule has 0 unspecified atom stereocenters. The van der Waals surface area contributed by atoms with Crippen LogP contribution < -0.4 is 4.90 Å². The van der Waals surface area contributed by atoms with Crippen molar-refractivity contribution in [1.29, 1.82) is 0 Å². The van der Waals surface area contributed by atoms with Gasteiger partial charge in [-0.2, -0.15) is 5.10 Å². The molecule has 104 valence electrons. The van der Waals surface area contributed by atoms with Crippen LogP contribution in [-0.2, 0) is 0 Å². The van der Waals surface area contributed by atoms with E-state index in [4.69, 9.17) is 0 Å². The van der Waals surface area contributed by atoms with E-state index in [0.717, 1.165) is 41.9 Å². The van der Waals surface area contributed by atoms with Gasteiger partial charge in [0.25, 0.3) is 0 Å². The molecule has 0 spiro atoms. The largest absolute Gasteiger partial charge is 0.354 e. The Bertz CT molecular complexity index is 529. The number of hydrogen-bond donors (Lipinski definition) is 0. The van der Waals surface area contributed by atoms with Gasteiger partial charge in [0.2, 0.25) is 0 Å². The molecule has 0 aliphatic heterocycles. The van der Waals surface area contributed by atoms with E-state index < -0.39 is 0 Å². The molecule has 0 aliphatic rings. The lowest BCUT2D eigenvalue weighted by Gasteiger charge is -2.22. The summed E-state index contributed by atoms with van der Waals surface area (Å²) in [6.45, 7) is 8.49. The SMILES string of the molecule is CCCN(CCBr)c1nccn2nc(C(C)C)cc12. The fourth-order valence-electron chi connectivity index (χ4n) is 2.15. The second-order valence-electron chi connectivity index (χ2n) is 4.98. The first-order chi connectivity index (χ1) is 9.17. The summed E-state index contributed by atoms with van der Waals surface area (Å²) in [5.41, 5.74) is 2.21. The summed E-state index contributed by atoms with van der Waals surface area (Å²) in [5, 5.41) is 5.56. The Morgan fingerprint density at radius 3 is 2.79 bits per heavy atom. The van der Waals surface area contributed by atoms with E-state index in [9.17, 15) is 0 Å². The maximum Gasteiger partial charge on any atom is 0.154 e. The van der Waals surface area contributed by atoms with Gasteiger partial charge in [0.1, 0.15) is 5.52 Å². The van der Waals surface area contributed by atoms with Crippen LogP contribution in [0.15, 0.2) is 18.5 Å². The Morgan fingerprint density at radius 2 is 2.16 bits per heavy atom. The lowest BCUT2D eigenvalue weighted by molar-refractivity contribution is 0.771. The molecule has 0 bridgehead atoms. The molecule has 0 saturated heterocycles. The molecule has 0 fully saturated rings. The van der Waals surface area contributed by atoms with Crippen LogP contribution in [0.2, 0.25) is 0 Å². The normalized spacial score (nSPS) is 11.4. The summed E-state index contributed by atoms with van der Waals surface area (Å²) in [7, 11) is 0. The van der Waals surface area contributed by atoms with Crippen LogP contribution in [0.25, 0.3) is 5.52 Å². The Kier molecular flexibility index (Phi) is 4.80. The lowest BCUT2D eigenvalue weighted by Crippen LogP contribution is -2.27. The Morgan fingerprint density at radius 1 is 1.37 bits per heavy atom. The first-order valence-electron chi connectivity index (χ1n) is 6.82. The molecule has 19 heavy (non-hydrogen) atoms. The van der Waals surface area contributed by atoms with Crippen molar-refractivity contribution in [3.05, 3.63) is 24.2 Å². The highest BCUT2D eigenvalue weighted by Gasteiger charge is 2.14. The average Bonchev–Trinajstić information content (AvgIpc) is 2.82. The number of aromatic nitrogens is 3. The molecule has 0 atom stereocenters. The van der Waals surface area contributed by atoms with Crippen LogP contribution in [0, 0.1) is 0 Å². The molecule has 0 radical (unpaired) electrons. The van der Waals surface area contributed by atoms with Gasteiger partial charge in [-0.1, -0.05) is 36.7 Å². The van der Waals surface area contributed by atoms with E-state index in [-0.39, 0.29) is 0 Å². The van der Waals surface area contributed by atoms with Gasteiger partial charge in [-0.25, -0.2) is 9.50 Å². The molecule has 2 aromatic heterocycles. The van der Waals surface area contributed by atoms with Gasteiger partial charge in [0, 0.05) is 30.8 Å². The predicted molar refractivity (Wildman–Crippen MR) is 83.4 cm³/mol. The molecule has 0 aromatic carbocycles. The van der Waals surface area contributed by atoms with E-state index >= 15 is 0 Å². The number of alkyl halides is 1. The maximum atomic E-state index is 4.61. The first-order valence-corrected chi connectivity index (χ1v) is 7.94. The molecule has 5 heteroatoms. The molecule has 0 amide bonds. The number of fused-ring (bicyclic) bond motifs is 1. The van der Waals surface area contributed by atoms with Gasteiger partial charge in [-0.3, -0.25) is 0 Å². The lowest BCUT2D eigenvalue weighted by atomic mass is 10.1. The van der Waals surface area contributed by atoms with Crippen molar-refractivity contribution in [2.45, 2.75) is 33.1 Å². The van der Waals surface area contributed by atoms with Gasteiger partial charge >= 0.3 is 0 Å². The van der Waals surface area contributed by atoms with Crippen LogP contribution in [0.3, 0.4) is 0 Å². The van der Waals surface area contributed by atoms with Gasteiger partial charge in [-0.15, -0.1) is 0 Å². The van der Waals surface area contributed by atoms with E-state index in [1.807, 2.05) is 16.9 Å². The second-order valence-corrected chi connectivity index (χ2v) is 5.77. The van der Waals surface area contributed by atoms with E-state index in [0.29, 0.717) is 5.92 Å². The second kappa shape index (κ2) is 6.37. The predicted octanol–water partition coefficient (Wildman–Crippen LogP) is 3.46. The highest BCUT2D eigenvalue weighted by molar-refractivity contribution is 9.09. The molecule has 2 heterocycles. The quantitative estimate of drug-likeness (QED) is 0.763. The Balaban J connectivity index is 2.46. The summed E-state index contributed by atoms with van der Waals surface area (Å²) < 4.78 is 1.94. The monoisotopic (exact) mass is 324 g/mol. The van der Waals surface area contributed by atoms with Crippen molar-refractivity contribution in [3.8, 4) is 0 Å². The molecule has 2 aromatic rings. The average molecular weight is 325 g/mol. The van der Waals surface area contributed by atoms with Crippen LogP contribution >= 0.6 is 15.9 Å². The van der Waals surface area contributed by atoms with Gasteiger partial charge in [0.15, 0.2) is 5.82 Å². The third-order valence-electron chi connectivity index (χ3n) is 3.13. The van der Waals surface area contributed by atoms with Crippen molar-refractivity contribution in [1.82, 2.24) is 14.6 Å². The number of hydrogen-bond acceptors (Lipinski definition) is 3. The third-order valence-corrected chi connectivity index (χ3v) is 3.48. The summed E-state index contributed by atoms with van der Waals surface area (Å²) in [5.74, 6) is 1.46. The minimum atomic E-state index is 0.434. The van der Waals surface area contributed by atoms with Crippen LogP contribution in [-0.4, -0.2) is 33.0 Å². The van der Waals surface area contributed by atoms with Crippen LogP contribution in [0.1, 0.15) is 38.8 Å². The molecule has 0 saturated carbocycles. The smallest absolute Gasteiger partial charge is 0.154 e. The maximum absolute atomic E-state index is 4.61. The van der Waals surface area contributed by atoms with Gasteiger partial charge in [-0.05, 0) is 18.4 Å². The van der Waals surface area contributed by atoms with Crippen LogP contribution in [0.5, 0.6) is 0 Å². The number of rotatable bonds is 6. The minimum absolute atomic E-state index is 0.434. The van der Waals surface area contributed by atoms with Gasteiger partial charge < -0.3 is 4.90 Å². The highest BCUT2D eigenvalue weighted by Crippen LogP contribution is 2.23. The van der Waals surface area contributed by atoms with Crippen molar-refractivity contribution in [2.75, 3.05) is 23.3 Å². The number of nitrogens with zero attached hydrogens (tertiary/aromatic N) is 4. The molecule has 0 aliphatic carbocycles. The molecular formula is C14H21BrN4. The van der Waals surface area contributed by atoms with E-state index in [1.54, 1.807) is 0 Å². The zero-order chi connectivity index (χ0) is 13.8. The molecule has 4 nitrogen and oxygen atoms in total. The zero-order valence-corrected chi connectivity index (χ0v) is 13.4. The topological polar surface area (TPSA) is 33.4 Å². The summed E-state index contributed by atoms with van der Waals surface area (Å²) in [6, 6.07) is 2.16. The summed E-state index contributed by atoms with van der Waals surface area (Å²) >= 11 is 3.52. The molecular weight excluding hydrogens is 304 g/mol. The number of anilines is 1. The summed E-state index contributed by atoms with van der Waals surface area (Å²) in [4.78, 5) is 6.88. The summed E-state index contributed by atoms with van der Waals surface area (Å²) in [6.07, 6.45) is 4.86. The first kappa shape index (κ1) is 14.3. The van der Waals surface area contributed by atoms with Crippen molar-refractivity contribution < 1.29 is 0 Å². The van der Waals surface area contributed by atoms with Crippen LogP contribution in [0.4, 0.5) is 5.82 Å². The van der Waals surface area contributed by atoms with E-state index in [1.165, 1.54) is 0 Å². The minimum Gasteiger partial charge on any atom is -0.354 e. The Labute approximate surface area is 123 Å². The Hall–Kier alpha value is -1.10. The van der Waals surface area contributed by atoms with Crippen molar-refractivity contribution >= 4 is 27.3 Å². The zero-order valence-electron chi connectivity index (χ0n) is 11.8. The van der Waals surface area contributed by atoms with Gasteiger partial charge in [0.05, 0.1) is 5.69 Å². The molecule has 2 rings (SSSR count). The third kappa shape index (κ3) is 3.08. The fraction of sp³-hybridized carbons (Fsp3) is 0.571. The fourth-order valence-corrected chi connectivity index (χ4v) is 2.58. The molecule has 0 N–H and O–H groups in total. The van der Waals surface area contributed by atoms with E-state index in [2.05, 4.69) is 57.8 Å². The van der Waals surface area contributed by atoms with Crippen molar-refractivity contribution in [2.24, 2.45) is 0 Å². The van der Waals surface area contributed by atoms with Crippen molar-refractivity contribution in [3.63, 3.8) is 0 Å². The highest BCUT2D eigenvalue weighted by atomic mass is 79.9. The number of halogens is 1.